The van der Waals surface area contributed by atoms with Gasteiger partial charge in [-0.25, -0.2) is 0 Å². The fourth-order valence-electron chi connectivity index (χ4n) is 5.90. The van der Waals surface area contributed by atoms with E-state index in [2.05, 4.69) is 82.8 Å². The Morgan fingerprint density at radius 2 is 1.45 bits per heavy atom. The zero-order chi connectivity index (χ0) is 37.4. The minimum atomic E-state index is -1.77. The molecule has 3 heterocycles. The van der Waals surface area contributed by atoms with Gasteiger partial charge in [-0.05, 0) is 40.1 Å². The van der Waals surface area contributed by atoms with Gasteiger partial charge in [0, 0.05) is 31.7 Å². The normalized spacial score (nSPS) is 12.5. The van der Waals surface area contributed by atoms with E-state index < -0.39 is 19.3 Å². The van der Waals surface area contributed by atoms with Crippen LogP contribution in [-0.4, -0.2) is 23.2 Å². The Hall–Kier alpha value is -4.61. The first-order valence-corrected chi connectivity index (χ1v) is 23.2. The van der Waals surface area contributed by atoms with Gasteiger partial charge in [-0.1, -0.05) is 89.7 Å². The predicted octanol–water partition coefficient (Wildman–Crippen LogP) is 11.2. The van der Waals surface area contributed by atoms with Crippen molar-refractivity contribution in [3.63, 3.8) is 0 Å². The first-order chi connectivity index (χ1) is 25.4. The van der Waals surface area contributed by atoms with Gasteiger partial charge in [-0.3, -0.25) is 0 Å². The van der Waals surface area contributed by atoms with Gasteiger partial charge in [0.25, 0.3) is 0 Å². The van der Waals surface area contributed by atoms with Crippen LogP contribution in [0.5, 0.6) is 0 Å². The molecule has 0 aliphatic carbocycles. The minimum Gasteiger partial charge on any atom is -0.501 e. The Morgan fingerprint density at radius 1 is 0.673 bits per heavy atom. The van der Waals surface area contributed by atoms with Gasteiger partial charge in [-0.15, -0.1) is 18.2 Å². The molecule has 8 rings (SSSR count). The van der Waals surface area contributed by atoms with Gasteiger partial charge in [0.1, 0.15) is 5.58 Å². The summed E-state index contributed by atoms with van der Waals surface area (Å²) in [6, 6.07) is 38.3. The molecule has 5 aromatic carbocycles. The predicted molar refractivity (Wildman–Crippen MR) is 203 cm³/mol. The molecule has 49 heavy (non-hydrogen) atoms. The second kappa shape index (κ2) is 14.9. The van der Waals surface area contributed by atoms with E-state index in [9.17, 15) is 0 Å². The molecular weight excluding hydrogens is 837 g/mol. The maximum absolute atomic E-state index is 8.32. The third kappa shape index (κ3) is 7.53. The summed E-state index contributed by atoms with van der Waals surface area (Å²) in [6.45, 7) is 2.19. The van der Waals surface area contributed by atoms with Crippen LogP contribution >= 0.6 is 0 Å². The van der Waals surface area contributed by atoms with Crippen molar-refractivity contribution in [1.82, 2.24) is 9.97 Å². The Balaban J connectivity index is 0.000000233. The molecular formula is C44H36GeIrN2O-2. The third-order valence-electron chi connectivity index (χ3n) is 8.25. The smallest absolute Gasteiger partial charge is 0.121 e. The van der Waals surface area contributed by atoms with E-state index in [1.165, 1.54) is 9.96 Å². The summed E-state index contributed by atoms with van der Waals surface area (Å²) in [5, 5.41) is 1.90. The summed E-state index contributed by atoms with van der Waals surface area (Å²) in [5.74, 6) is 7.20. The van der Waals surface area contributed by atoms with Gasteiger partial charge in [0.2, 0.25) is 0 Å². The summed E-state index contributed by atoms with van der Waals surface area (Å²) in [7, 11) is 0. The molecule has 0 spiro atoms. The molecule has 1 radical (unpaired) electrons. The summed E-state index contributed by atoms with van der Waals surface area (Å²) in [5.41, 5.74) is 8.78. The quantitative estimate of drug-likeness (QED) is 0.128. The minimum absolute atomic E-state index is 0. The average Bonchev–Trinajstić information content (AvgIpc) is 3.55. The largest absolute Gasteiger partial charge is 0.501 e. The van der Waals surface area contributed by atoms with Crippen molar-refractivity contribution in [3.05, 3.63) is 163 Å². The molecule has 0 aliphatic rings. The fourth-order valence-corrected chi connectivity index (χ4v) is 9.48. The van der Waals surface area contributed by atoms with E-state index >= 15 is 0 Å². The van der Waals surface area contributed by atoms with E-state index in [1.807, 2.05) is 60.7 Å². The van der Waals surface area contributed by atoms with Gasteiger partial charge in [0.15, 0.2) is 0 Å². The first-order valence-electron chi connectivity index (χ1n) is 18.3. The third-order valence-corrected chi connectivity index (χ3v) is 12.7. The number of furan rings is 1. The van der Waals surface area contributed by atoms with Crippen LogP contribution < -0.4 is 4.40 Å². The van der Waals surface area contributed by atoms with Crippen LogP contribution in [0.1, 0.15) is 12.4 Å². The van der Waals surface area contributed by atoms with Crippen LogP contribution in [0.25, 0.3) is 66.7 Å². The number of benzene rings is 5. The molecule has 0 unspecified atom stereocenters. The number of nitrogens with zero attached hydrogens (tertiary/aromatic N) is 2. The number of aryl methyl sites for hydroxylation is 1. The fraction of sp³-hybridized carbons (Fsp3) is 0.0909. The first kappa shape index (κ1) is 28.3. The number of fused-ring (bicyclic) bond motifs is 3. The standard InChI is InChI=1S/C29H18NO.C15H18GeN.Ir/c1-3-8-20(9-4-1)22-14-15-24-25-12-7-13-26(29(25)31-28(24)19-22)27-18-23(16-17-30-27)21-10-5-2-6-11-21;1-12-10-15(13-8-6-5-7-9-13)17-11-14(12)16(2,3)4;/h1-12,14-19H;5-8,10-11H,1-4H3;/q2*-1;/i2D,5D,6D,10D,11D;;. The zero-order valence-corrected chi connectivity index (χ0v) is 32.1. The molecule has 0 N–H and O–H groups in total. The number of aromatic nitrogens is 2. The Bertz CT molecular complexity index is 2600. The number of hydrogen-bond acceptors (Lipinski definition) is 3. The SMILES string of the molecule is Cc1cc(-c2[c-]cccc2)nc[c]1[Ge]([CH3])([CH3])[CH3].[2H]c1c([2H])c([2H])c(-c2ccnc(-c3[c-]ccc4c3oc3cc(-c5ccccc5)ccc34)c2)c([2H])c1[2H].[Ir]. The molecule has 3 nitrogen and oxygen atoms in total. The zero-order valence-electron chi connectivity index (χ0n) is 32.6. The molecule has 0 atom stereocenters. The van der Waals surface area contributed by atoms with Crippen molar-refractivity contribution in [3.8, 4) is 44.8 Å². The molecule has 0 saturated carbocycles. The van der Waals surface area contributed by atoms with Crippen LogP contribution in [-0.2, 0) is 20.1 Å². The Morgan fingerprint density at radius 3 is 2.18 bits per heavy atom. The molecule has 3 aromatic heterocycles. The molecule has 0 aliphatic heterocycles. The molecule has 0 fully saturated rings. The molecule has 243 valence electrons. The van der Waals surface area contributed by atoms with Crippen molar-refractivity contribution in [2.24, 2.45) is 0 Å². The monoisotopic (exact) mass is 880 g/mol. The van der Waals surface area contributed by atoms with Gasteiger partial charge in [0.05, 0.1) is 12.4 Å². The molecule has 0 saturated heterocycles. The summed E-state index contributed by atoms with van der Waals surface area (Å²) < 4.78 is 48.3. The van der Waals surface area contributed by atoms with Crippen LogP contribution in [0.15, 0.2) is 150 Å². The summed E-state index contributed by atoms with van der Waals surface area (Å²) >= 11 is -1.77. The van der Waals surface area contributed by atoms with Gasteiger partial charge in [-0.2, -0.15) is 0 Å². The van der Waals surface area contributed by atoms with Crippen LogP contribution in [0.2, 0.25) is 17.3 Å². The topological polar surface area (TPSA) is 38.9 Å². The second-order valence-electron chi connectivity index (χ2n) is 12.6. The van der Waals surface area contributed by atoms with E-state index in [-0.39, 0.29) is 49.8 Å². The molecule has 0 amide bonds. The van der Waals surface area contributed by atoms with Crippen molar-refractivity contribution in [2.75, 3.05) is 0 Å². The number of hydrogen-bond donors (Lipinski definition) is 0. The second-order valence-corrected chi connectivity index (χ2v) is 23.2. The maximum atomic E-state index is 8.32. The van der Waals surface area contributed by atoms with Crippen molar-refractivity contribution >= 4 is 39.6 Å². The van der Waals surface area contributed by atoms with E-state index in [0.29, 0.717) is 22.4 Å². The Labute approximate surface area is 311 Å². The average molecular weight is 879 g/mol. The van der Waals surface area contributed by atoms with Gasteiger partial charge < -0.3 is 9.40 Å². The molecule has 5 heteroatoms. The summed E-state index contributed by atoms with van der Waals surface area (Å²) in [6.07, 6.45) is 3.64. The number of rotatable bonds is 5. The maximum Gasteiger partial charge on any atom is 0.121 e. The molecule has 0 bridgehead atoms. The van der Waals surface area contributed by atoms with Crippen LogP contribution in [0.4, 0.5) is 0 Å². The Kier molecular flexibility index (Phi) is 8.58. The van der Waals surface area contributed by atoms with Crippen molar-refractivity contribution in [1.29, 1.82) is 0 Å². The van der Waals surface area contributed by atoms with Crippen LogP contribution in [0, 0.1) is 19.1 Å². The molecule has 8 aromatic rings. The van der Waals surface area contributed by atoms with Crippen molar-refractivity contribution in [2.45, 2.75) is 24.2 Å². The van der Waals surface area contributed by atoms with Crippen LogP contribution in [0.3, 0.4) is 0 Å². The summed E-state index contributed by atoms with van der Waals surface area (Å²) in [4.78, 5) is 9.09. The van der Waals surface area contributed by atoms with E-state index in [1.54, 1.807) is 18.3 Å². The van der Waals surface area contributed by atoms with E-state index in [0.717, 1.165) is 38.7 Å². The van der Waals surface area contributed by atoms with E-state index in [4.69, 9.17) is 11.3 Å². The van der Waals surface area contributed by atoms with Gasteiger partial charge >= 0.3 is 106 Å². The van der Waals surface area contributed by atoms with Crippen molar-refractivity contribution < 1.29 is 31.4 Å². The number of pyridine rings is 2.